The summed E-state index contributed by atoms with van der Waals surface area (Å²) >= 11 is 6.36. The van der Waals surface area contributed by atoms with Crippen molar-refractivity contribution in [1.82, 2.24) is 4.90 Å². The summed E-state index contributed by atoms with van der Waals surface area (Å²) in [5.74, 6) is 0.0257. The molecule has 0 saturated heterocycles. The fraction of sp³-hybridized carbons (Fsp3) is 0.381. The molecule has 2 aromatic rings. The Morgan fingerprint density at radius 3 is 2.60 bits per heavy atom. The van der Waals surface area contributed by atoms with E-state index in [1.165, 1.54) is 5.56 Å². The summed E-state index contributed by atoms with van der Waals surface area (Å²) in [5, 5.41) is 3.82. The zero-order chi connectivity index (χ0) is 18.0. The van der Waals surface area contributed by atoms with E-state index in [4.69, 9.17) is 11.6 Å². The summed E-state index contributed by atoms with van der Waals surface area (Å²) in [5.41, 5.74) is 4.25. The Labute approximate surface area is 155 Å². The third kappa shape index (κ3) is 4.42. The van der Waals surface area contributed by atoms with Gasteiger partial charge >= 0.3 is 0 Å². The van der Waals surface area contributed by atoms with Gasteiger partial charge in [0.15, 0.2) is 0 Å². The van der Waals surface area contributed by atoms with Crippen LogP contribution in [0.4, 0.5) is 5.69 Å². The number of aryl methyl sites for hydroxylation is 2. The Hall–Kier alpha value is -1.84. The average molecular weight is 357 g/mol. The van der Waals surface area contributed by atoms with E-state index in [1.807, 2.05) is 43.3 Å². The van der Waals surface area contributed by atoms with E-state index in [2.05, 4.69) is 30.1 Å². The summed E-state index contributed by atoms with van der Waals surface area (Å²) in [6.07, 6.45) is 2.29. The molecule has 1 N–H and O–H groups in total. The molecule has 1 aliphatic rings. The van der Waals surface area contributed by atoms with Gasteiger partial charge in [-0.05, 0) is 56.9 Å². The van der Waals surface area contributed by atoms with Crippen molar-refractivity contribution in [3.63, 3.8) is 0 Å². The van der Waals surface area contributed by atoms with E-state index in [9.17, 15) is 4.79 Å². The van der Waals surface area contributed by atoms with Crippen LogP contribution in [0.5, 0.6) is 0 Å². The Morgan fingerprint density at radius 2 is 1.96 bits per heavy atom. The van der Waals surface area contributed by atoms with Crippen molar-refractivity contribution in [2.24, 2.45) is 0 Å². The second-order valence-electron chi connectivity index (χ2n) is 6.97. The molecule has 0 aromatic heterocycles. The summed E-state index contributed by atoms with van der Waals surface area (Å²) < 4.78 is 0. The number of anilines is 1. The van der Waals surface area contributed by atoms with Crippen LogP contribution in [0.3, 0.4) is 0 Å². The Balaban J connectivity index is 1.71. The maximum absolute atomic E-state index is 12.6. The minimum Gasteiger partial charge on any atom is -0.325 e. The van der Waals surface area contributed by atoms with Gasteiger partial charge in [-0.15, -0.1) is 0 Å². The SMILES string of the molecule is Cc1ccc(NC(=O)CN(C2CC2)C(C)c2ccccc2Cl)c(C)c1. The van der Waals surface area contributed by atoms with Crippen LogP contribution >= 0.6 is 11.6 Å². The third-order valence-corrected chi connectivity index (χ3v) is 5.20. The van der Waals surface area contributed by atoms with Gasteiger partial charge in [0.1, 0.15) is 0 Å². The predicted molar refractivity (Wildman–Crippen MR) is 104 cm³/mol. The minimum atomic E-state index is 0.0257. The number of nitrogens with zero attached hydrogens (tertiary/aromatic N) is 1. The van der Waals surface area contributed by atoms with Crippen LogP contribution in [0.2, 0.25) is 5.02 Å². The zero-order valence-corrected chi connectivity index (χ0v) is 15.8. The quantitative estimate of drug-likeness (QED) is 0.779. The number of halogens is 1. The molecule has 0 radical (unpaired) electrons. The minimum absolute atomic E-state index is 0.0257. The van der Waals surface area contributed by atoms with E-state index in [0.717, 1.165) is 34.7 Å². The van der Waals surface area contributed by atoms with Gasteiger partial charge in [-0.25, -0.2) is 0 Å². The highest BCUT2D eigenvalue weighted by atomic mass is 35.5. The predicted octanol–water partition coefficient (Wildman–Crippen LogP) is 5.12. The van der Waals surface area contributed by atoms with Crippen LogP contribution < -0.4 is 5.32 Å². The molecular weight excluding hydrogens is 332 g/mol. The largest absolute Gasteiger partial charge is 0.325 e. The van der Waals surface area contributed by atoms with E-state index in [0.29, 0.717) is 12.6 Å². The van der Waals surface area contributed by atoms with Crippen molar-refractivity contribution >= 4 is 23.2 Å². The van der Waals surface area contributed by atoms with E-state index in [1.54, 1.807) is 0 Å². The van der Waals surface area contributed by atoms with Gasteiger partial charge in [-0.3, -0.25) is 9.69 Å². The lowest BCUT2D eigenvalue weighted by Crippen LogP contribution is -2.37. The molecule has 0 heterocycles. The Morgan fingerprint density at radius 1 is 1.24 bits per heavy atom. The van der Waals surface area contributed by atoms with Crippen LogP contribution in [-0.2, 0) is 4.79 Å². The Kier molecular flexibility index (Phi) is 5.45. The number of hydrogen-bond donors (Lipinski definition) is 1. The standard InChI is InChI=1S/C21H25ClN2O/c1-14-8-11-20(15(2)12-14)23-21(25)13-24(17-9-10-17)16(3)18-6-4-5-7-19(18)22/h4-8,11-12,16-17H,9-10,13H2,1-3H3,(H,23,25). The second-order valence-corrected chi connectivity index (χ2v) is 7.37. The topological polar surface area (TPSA) is 32.3 Å². The first kappa shape index (κ1) is 18.0. The summed E-state index contributed by atoms with van der Waals surface area (Å²) in [6.45, 7) is 6.58. The lowest BCUT2D eigenvalue weighted by molar-refractivity contribution is -0.118. The number of rotatable bonds is 6. The van der Waals surface area contributed by atoms with E-state index in [-0.39, 0.29) is 11.9 Å². The summed E-state index contributed by atoms with van der Waals surface area (Å²) in [6, 6.07) is 14.6. The third-order valence-electron chi connectivity index (χ3n) is 4.85. The van der Waals surface area contributed by atoms with Crippen LogP contribution in [0.1, 0.15) is 42.5 Å². The molecule has 1 fully saturated rings. The van der Waals surface area contributed by atoms with E-state index >= 15 is 0 Å². The van der Waals surface area contributed by atoms with Crippen molar-refractivity contribution in [2.45, 2.75) is 45.7 Å². The molecule has 0 aliphatic heterocycles. The molecule has 25 heavy (non-hydrogen) atoms. The molecule has 1 saturated carbocycles. The molecular formula is C21H25ClN2O. The number of carbonyl (C=O) groups excluding carboxylic acids is 1. The Bertz CT molecular complexity index is 770. The summed E-state index contributed by atoms with van der Waals surface area (Å²) in [4.78, 5) is 14.9. The maximum atomic E-state index is 12.6. The number of benzene rings is 2. The van der Waals surface area contributed by atoms with Gasteiger partial charge in [0.25, 0.3) is 0 Å². The van der Waals surface area contributed by atoms with Gasteiger partial charge in [-0.1, -0.05) is 47.5 Å². The number of amides is 1. The average Bonchev–Trinajstić information content (AvgIpc) is 3.40. The lowest BCUT2D eigenvalue weighted by atomic mass is 10.1. The first-order valence-corrected chi connectivity index (χ1v) is 9.21. The molecule has 2 aromatic carbocycles. The molecule has 1 unspecified atom stereocenters. The first-order chi connectivity index (χ1) is 12.0. The number of nitrogens with one attached hydrogen (secondary N) is 1. The van der Waals surface area contributed by atoms with Gasteiger partial charge in [-0.2, -0.15) is 0 Å². The van der Waals surface area contributed by atoms with Crippen molar-refractivity contribution in [1.29, 1.82) is 0 Å². The normalized spacial score (nSPS) is 15.2. The fourth-order valence-electron chi connectivity index (χ4n) is 3.29. The number of hydrogen-bond acceptors (Lipinski definition) is 2. The first-order valence-electron chi connectivity index (χ1n) is 8.83. The van der Waals surface area contributed by atoms with Crippen molar-refractivity contribution in [2.75, 3.05) is 11.9 Å². The molecule has 1 atom stereocenters. The highest BCUT2D eigenvalue weighted by Crippen LogP contribution is 2.36. The molecule has 1 aliphatic carbocycles. The van der Waals surface area contributed by atoms with Crippen molar-refractivity contribution < 1.29 is 4.79 Å². The fourth-order valence-corrected chi connectivity index (χ4v) is 3.58. The van der Waals surface area contributed by atoms with Crippen LogP contribution in [0.25, 0.3) is 0 Å². The second kappa shape index (κ2) is 7.59. The zero-order valence-electron chi connectivity index (χ0n) is 15.1. The lowest BCUT2D eigenvalue weighted by Gasteiger charge is -2.29. The van der Waals surface area contributed by atoms with Gasteiger partial charge in [0.05, 0.1) is 6.54 Å². The maximum Gasteiger partial charge on any atom is 0.238 e. The molecule has 132 valence electrons. The van der Waals surface area contributed by atoms with Crippen LogP contribution in [-0.4, -0.2) is 23.4 Å². The van der Waals surface area contributed by atoms with Gasteiger partial charge in [0.2, 0.25) is 5.91 Å². The molecule has 0 bridgehead atoms. The van der Waals surface area contributed by atoms with Crippen molar-refractivity contribution in [3.8, 4) is 0 Å². The number of carbonyl (C=O) groups is 1. The molecule has 4 heteroatoms. The van der Waals surface area contributed by atoms with E-state index < -0.39 is 0 Å². The van der Waals surface area contributed by atoms with Crippen LogP contribution in [0, 0.1) is 13.8 Å². The van der Waals surface area contributed by atoms with Crippen molar-refractivity contribution in [3.05, 3.63) is 64.2 Å². The molecule has 0 spiro atoms. The van der Waals surface area contributed by atoms with Gasteiger partial charge < -0.3 is 5.32 Å². The smallest absolute Gasteiger partial charge is 0.238 e. The molecule has 3 nitrogen and oxygen atoms in total. The highest BCUT2D eigenvalue weighted by Gasteiger charge is 2.34. The van der Waals surface area contributed by atoms with Crippen LogP contribution in [0.15, 0.2) is 42.5 Å². The highest BCUT2D eigenvalue weighted by molar-refractivity contribution is 6.31. The summed E-state index contributed by atoms with van der Waals surface area (Å²) in [7, 11) is 0. The van der Waals surface area contributed by atoms with Gasteiger partial charge in [0, 0.05) is 22.8 Å². The molecule has 3 rings (SSSR count). The monoisotopic (exact) mass is 356 g/mol. The molecule has 1 amide bonds.